The molecule has 1 aliphatic rings. The number of anilines is 2. The monoisotopic (exact) mass is 192 g/mol. The van der Waals surface area contributed by atoms with E-state index in [0.717, 1.165) is 11.4 Å². The first kappa shape index (κ1) is 9.02. The third-order valence-electron chi connectivity index (χ3n) is 2.21. The summed E-state index contributed by atoms with van der Waals surface area (Å²) in [5.41, 5.74) is 1.63. The van der Waals surface area contributed by atoms with E-state index in [9.17, 15) is 4.79 Å². The van der Waals surface area contributed by atoms with Crippen LogP contribution in [0.2, 0.25) is 0 Å². The number of hydrogen-bond acceptors (Lipinski definition) is 3. The van der Waals surface area contributed by atoms with Crippen LogP contribution in [0.15, 0.2) is 24.3 Å². The van der Waals surface area contributed by atoms with Crippen molar-refractivity contribution >= 4 is 17.3 Å². The molecule has 1 unspecified atom stereocenters. The first-order valence-electron chi connectivity index (χ1n) is 4.56. The van der Waals surface area contributed by atoms with E-state index in [1.165, 1.54) is 0 Å². The molecule has 1 heterocycles. The van der Waals surface area contributed by atoms with Crippen molar-refractivity contribution in [2.24, 2.45) is 0 Å². The van der Waals surface area contributed by atoms with Crippen LogP contribution in [0.4, 0.5) is 11.4 Å². The molecular weight excluding hydrogens is 180 g/mol. The molecule has 0 radical (unpaired) electrons. The summed E-state index contributed by atoms with van der Waals surface area (Å²) in [4.78, 5) is 11.4. The maximum atomic E-state index is 11.4. The Labute approximate surface area is 81.9 Å². The Morgan fingerprint density at radius 3 is 2.79 bits per heavy atom. The summed E-state index contributed by atoms with van der Waals surface area (Å²) in [5.74, 6) is -0.0681. The number of aliphatic hydroxyl groups is 1. The minimum atomic E-state index is -0.196. The van der Waals surface area contributed by atoms with Gasteiger partial charge in [0.05, 0.1) is 24.0 Å². The fourth-order valence-electron chi connectivity index (χ4n) is 1.52. The van der Waals surface area contributed by atoms with E-state index in [0.29, 0.717) is 6.42 Å². The van der Waals surface area contributed by atoms with Crippen LogP contribution in [0, 0.1) is 0 Å². The van der Waals surface area contributed by atoms with E-state index in [-0.39, 0.29) is 18.6 Å². The number of hydrogen-bond donors (Lipinski definition) is 3. The molecule has 14 heavy (non-hydrogen) atoms. The summed E-state index contributed by atoms with van der Waals surface area (Å²) in [6.07, 6.45) is 0.297. The highest BCUT2D eigenvalue weighted by atomic mass is 16.3. The number of para-hydroxylation sites is 2. The molecule has 0 spiro atoms. The van der Waals surface area contributed by atoms with Crippen LogP contribution in [0.5, 0.6) is 0 Å². The molecular formula is C10H12N2O2. The predicted molar refractivity (Wildman–Crippen MR) is 54.2 cm³/mol. The van der Waals surface area contributed by atoms with Gasteiger partial charge in [0.15, 0.2) is 0 Å². The molecule has 0 saturated carbocycles. The van der Waals surface area contributed by atoms with Crippen molar-refractivity contribution in [1.82, 2.24) is 0 Å². The van der Waals surface area contributed by atoms with E-state index < -0.39 is 0 Å². The summed E-state index contributed by atoms with van der Waals surface area (Å²) in [5, 5.41) is 14.9. The Kier molecular flexibility index (Phi) is 2.37. The first-order chi connectivity index (χ1) is 6.79. The number of nitrogens with one attached hydrogen (secondary N) is 2. The molecule has 0 aromatic heterocycles. The Balaban J connectivity index is 2.32. The second-order valence-electron chi connectivity index (χ2n) is 3.32. The van der Waals surface area contributed by atoms with Gasteiger partial charge in [-0.15, -0.1) is 0 Å². The third kappa shape index (κ3) is 1.70. The molecule has 1 aromatic rings. The Hall–Kier alpha value is -1.55. The van der Waals surface area contributed by atoms with Crippen molar-refractivity contribution in [1.29, 1.82) is 0 Å². The maximum Gasteiger partial charge on any atom is 0.226 e. The number of aliphatic hydroxyl groups excluding tert-OH is 1. The molecule has 2 rings (SSSR count). The van der Waals surface area contributed by atoms with Gasteiger partial charge in [0.1, 0.15) is 0 Å². The zero-order valence-electron chi connectivity index (χ0n) is 7.66. The average molecular weight is 192 g/mol. The van der Waals surface area contributed by atoms with Crippen LogP contribution in [0.25, 0.3) is 0 Å². The Bertz CT molecular complexity index is 352. The first-order valence-corrected chi connectivity index (χ1v) is 4.56. The van der Waals surface area contributed by atoms with Gasteiger partial charge in [-0.2, -0.15) is 0 Å². The number of fused-ring (bicyclic) bond motifs is 1. The lowest BCUT2D eigenvalue weighted by molar-refractivity contribution is -0.116. The summed E-state index contributed by atoms with van der Waals surface area (Å²) < 4.78 is 0. The zero-order chi connectivity index (χ0) is 9.97. The van der Waals surface area contributed by atoms with Gasteiger partial charge in [-0.05, 0) is 12.1 Å². The second kappa shape index (κ2) is 3.67. The van der Waals surface area contributed by atoms with Gasteiger partial charge in [-0.3, -0.25) is 4.79 Å². The normalized spacial score (nSPS) is 20.4. The van der Waals surface area contributed by atoms with Crippen LogP contribution in [0.3, 0.4) is 0 Å². The van der Waals surface area contributed by atoms with Crippen molar-refractivity contribution in [2.75, 3.05) is 17.2 Å². The van der Waals surface area contributed by atoms with Crippen molar-refractivity contribution in [3.05, 3.63) is 24.3 Å². The molecule has 0 saturated heterocycles. The van der Waals surface area contributed by atoms with Gasteiger partial charge in [-0.1, -0.05) is 12.1 Å². The molecule has 74 valence electrons. The molecule has 0 aliphatic carbocycles. The lowest BCUT2D eigenvalue weighted by atomic mass is 10.2. The minimum absolute atomic E-state index is 0.0399. The molecule has 1 aromatic carbocycles. The van der Waals surface area contributed by atoms with E-state index in [1.807, 2.05) is 24.3 Å². The second-order valence-corrected chi connectivity index (χ2v) is 3.32. The van der Waals surface area contributed by atoms with Gasteiger partial charge in [-0.25, -0.2) is 0 Å². The smallest absolute Gasteiger partial charge is 0.226 e. The van der Waals surface area contributed by atoms with Gasteiger partial charge >= 0.3 is 0 Å². The lowest BCUT2D eigenvalue weighted by Gasteiger charge is -2.13. The molecule has 1 amide bonds. The SMILES string of the molecule is O=C1CC(CO)Nc2ccccc2N1. The van der Waals surface area contributed by atoms with Crippen molar-refractivity contribution in [3.8, 4) is 0 Å². The highest BCUT2D eigenvalue weighted by Gasteiger charge is 2.19. The quantitative estimate of drug-likeness (QED) is 0.616. The minimum Gasteiger partial charge on any atom is -0.394 e. The maximum absolute atomic E-state index is 11.4. The van der Waals surface area contributed by atoms with Gasteiger partial charge < -0.3 is 15.7 Å². The van der Waals surface area contributed by atoms with Gasteiger partial charge in [0.25, 0.3) is 0 Å². The van der Waals surface area contributed by atoms with Crippen molar-refractivity contribution < 1.29 is 9.90 Å². The zero-order valence-corrected chi connectivity index (χ0v) is 7.66. The average Bonchev–Trinajstić information content (AvgIpc) is 2.35. The highest BCUT2D eigenvalue weighted by molar-refractivity contribution is 5.96. The lowest BCUT2D eigenvalue weighted by Crippen LogP contribution is -2.26. The summed E-state index contributed by atoms with van der Waals surface area (Å²) >= 11 is 0. The topological polar surface area (TPSA) is 61.4 Å². The summed E-state index contributed by atoms with van der Waals surface area (Å²) in [7, 11) is 0. The largest absolute Gasteiger partial charge is 0.394 e. The molecule has 0 fully saturated rings. The van der Waals surface area contributed by atoms with Crippen LogP contribution in [-0.4, -0.2) is 23.7 Å². The number of amides is 1. The number of rotatable bonds is 1. The van der Waals surface area contributed by atoms with Gasteiger partial charge in [0, 0.05) is 6.42 Å². The fraction of sp³-hybridized carbons (Fsp3) is 0.300. The number of benzene rings is 1. The van der Waals surface area contributed by atoms with E-state index in [4.69, 9.17) is 5.11 Å². The standard InChI is InChI=1S/C10H12N2O2/c13-6-7-5-10(14)12-9-4-2-1-3-8(9)11-7/h1-4,7,11,13H,5-6H2,(H,12,14). The Morgan fingerprint density at radius 2 is 2.07 bits per heavy atom. The van der Waals surface area contributed by atoms with Crippen LogP contribution in [-0.2, 0) is 4.79 Å². The third-order valence-corrected chi connectivity index (χ3v) is 2.21. The van der Waals surface area contributed by atoms with Gasteiger partial charge in [0.2, 0.25) is 5.91 Å². The van der Waals surface area contributed by atoms with E-state index in [1.54, 1.807) is 0 Å². The predicted octanol–water partition coefficient (Wildman–Crippen LogP) is 0.802. The van der Waals surface area contributed by atoms with E-state index >= 15 is 0 Å². The summed E-state index contributed by atoms with van der Waals surface area (Å²) in [6.45, 7) is -0.0399. The highest BCUT2D eigenvalue weighted by Crippen LogP contribution is 2.24. The molecule has 1 aliphatic heterocycles. The summed E-state index contributed by atoms with van der Waals surface area (Å²) in [6, 6.07) is 7.26. The molecule has 4 nitrogen and oxygen atoms in total. The molecule has 1 atom stereocenters. The van der Waals surface area contributed by atoms with Crippen LogP contribution >= 0.6 is 0 Å². The molecule has 0 bridgehead atoms. The van der Waals surface area contributed by atoms with Crippen molar-refractivity contribution in [3.63, 3.8) is 0 Å². The number of carbonyl (C=O) groups excluding carboxylic acids is 1. The van der Waals surface area contributed by atoms with Crippen LogP contribution in [0.1, 0.15) is 6.42 Å². The van der Waals surface area contributed by atoms with Crippen molar-refractivity contribution in [2.45, 2.75) is 12.5 Å². The fourth-order valence-corrected chi connectivity index (χ4v) is 1.52. The Morgan fingerprint density at radius 1 is 1.36 bits per heavy atom. The van der Waals surface area contributed by atoms with Crippen LogP contribution < -0.4 is 10.6 Å². The number of carbonyl (C=O) groups is 1. The molecule has 3 N–H and O–H groups in total. The molecule has 4 heteroatoms. The van der Waals surface area contributed by atoms with E-state index in [2.05, 4.69) is 10.6 Å².